The van der Waals surface area contributed by atoms with Crippen molar-refractivity contribution in [1.82, 2.24) is 10.2 Å². The van der Waals surface area contributed by atoms with Gasteiger partial charge in [-0.05, 0) is 0 Å². The van der Waals surface area contributed by atoms with Crippen LogP contribution in [0, 0.1) is 0 Å². The van der Waals surface area contributed by atoms with Crippen LogP contribution in [-0.4, -0.2) is 15.3 Å². The Morgan fingerprint density at radius 1 is 1.50 bits per heavy atom. The molecule has 0 atom stereocenters. The topological polar surface area (TPSA) is 59.2 Å². The number of aromatic nitrogens is 2. The smallest absolute Gasteiger partial charge is 0.241 e. The Hall–Kier alpha value is -0.900. The summed E-state index contributed by atoms with van der Waals surface area (Å²) in [7, 11) is 0. The van der Waals surface area contributed by atoms with Gasteiger partial charge in [0.1, 0.15) is 6.61 Å². The Kier molecular flexibility index (Phi) is 2.01. The van der Waals surface area contributed by atoms with Crippen molar-refractivity contribution in [1.29, 1.82) is 0 Å². The molecule has 0 aromatic carbocycles. The highest BCUT2D eigenvalue weighted by atomic mass is 16.4. The summed E-state index contributed by atoms with van der Waals surface area (Å²) in [5.74, 6) is 1.08. The number of hydrogen-bond donors (Lipinski definition) is 1. The summed E-state index contributed by atoms with van der Waals surface area (Å²) < 4.78 is 5.02. The van der Waals surface area contributed by atoms with Crippen LogP contribution in [-0.2, 0) is 6.61 Å². The van der Waals surface area contributed by atoms with Crippen molar-refractivity contribution in [2.75, 3.05) is 0 Å². The second-order valence-electron chi connectivity index (χ2n) is 2.35. The van der Waals surface area contributed by atoms with E-state index in [1.165, 1.54) is 0 Å². The van der Waals surface area contributed by atoms with Gasteiger partial charge in [0.25, 0.3) is 0 Å². The summed E-state index contributed by atoms with van der Waals surface area (Å²) >= 11 is 0. The molecule has 1 aromatic rings. The van der Waals surface area contributed by atoms with Crippen molar-refractivity contribution in [3.63, 3.8) is 0 Å². The molecule has 0 bridgehead atoms. The van der Waals surface area contributed by atoms with E-state index in [4.69, 9.17) is 9.52 Å². The molecule has 0 saturated heterocycles. The van der Waals surface area contributed by atoms with Gasteiger partial charge in [0.05, 0.1) is 0 Å². The highest BCUT2D eigenvalue weighted by molar-refractivity contribution is 4.85. The zero-order valence-electron chi connectivity index (χ0n) is 6.03. The Morgan fingerprint density at radius 3 is 2.50 bits per heavy atom. The van der Waals surface area contributed by atoms with E-state index in [2.05, 4.69) is 10.2 Å². The molecule has 56 valence electrons. The monoisotopic (exact) mass is 142 g/mol. The first-order chi connectivity index (χ1) is 4.74. The minimum Gasteiger partial charge on any atom is -0.422 e. The Labute approximate surface area is 58.9 Å². The average molecular weight is 142 g/mol. The van der Waals surface area contributed by atoms with Gasteiger partial charge in [-0.1, -0.05) is 13.8 Å². The van der Waals surface area contributed by atoms with E-state index in [-0.39, 0.29) is 18.4 Å². The van der Waals surface area contributed by atoms with Gasteiger partial charge in [0.2, 0.25) is 11.8 Å². The van der Waals surface area contributed by atoms with Crippen molar-refractivity contribution < 1.29 is 9.52 Å². The van der Waals surface area contributed by atoms with Gasteiger partial charge in [0.15, 0.2) is 0 Å². The van der Waals surface area contributed by atoms with E-state index >= 15 is 0 Å². The van der Waals surface area contributed by atoms with Crippen LogP contribution in [0.15, 0.2) is 4.42 Å². The number of hydrogen-bond acceptors (Lipinski definition) is 4. The molecule has 1 N–H and O–H groups in total. The fourth-order valence-electron chi connectivity index (χ4n) is 0.564. The lowest BCUT2D eigenvalue weighted by Crippen LogP contribution is -1.85. The van der Waals surface area contributed by atoms with E-state index in [0.29, 0.717) is 5.89 Å². The second-order valence-corrected chi connectivity index (χ2v) is 2.35. The molecule has 0 radical (unpaired) electrons. The molecule has 0 unspecified atom stereocenters. The zero-order valence-corrected chi connectivity index (χ0v) is 6.03. The van der Waals surface area contributed by atoms with E-state index in [0.717, 1.165) is 0 Å². The summed E-state index contributed by atoms with van der Waals surface area (Å²) in [5.41, 5.74) is 0. The molecule has 1 aromatic heterocycles. The molecule has 0 amide bonds. The first-order valence-electron chi connectivity index (χ1n) is 3.17. The fraction of sp³-hybridized carbons (Fsp3) is 0.667. The van der Waals surface area contributed by atoms with Crippen LogP contribution < -0.4 is 0 Å². The maximum Gasteiger partial charge on any atom is 0.241 e. The lowest BCUT2D eigenvalue weighted by atomic mass is 10.2. The maximum absolute atomic E-state index is 8.54. The minimum absolute atomic E-state index is 0.181. The van der Waals surface area contributed by atoms with Crippen LogP contribution in [0.5, 0.6) is 0 Å². The van der Waals surface area contributed by atoms with Gasteiger partial charge in [0, 0.05) is 5.92 Å². The van der Waals surface area contributed by atoms with Crippen LogP contribution in [0.1, 0.15) is 31.5 Å². The molecule has 4 nitrogen and oxygen atoms in total. The first kappa shape index (κ1) is 7.21. The highest BCUT2D eigenvalue weighted by Crippen LogP contribution is 2.11. The van der Waals surface area contributed by atoms with Crippen LogP contribution in [0.2, 0.25) is 0 Å². The van der Waals surface area contributed by atoms with E-state index in [9.17, 15) is 0 Å². The van der Waals surface area contributed by atoms with E-state index < -0.39 is 0 Å². The zero-order chi connectivity index (χ0) is 7.56. The van der Waals surface area contributed by atoms with E-state index in [1.807, 2.05) is 13.8 Å². The Morgan fingerprint density at radius 2 is 2.20 bits per heavy atom. The molecule has 0 spiro atoms. The predicted molar refractivity (Wildman–Crippen MR) is 34.3 cm³/mol. The summed E-state index contributed by atoms with van der Waals surface area (Å²) in [6, 6.07) is 0. The van der Waals surface area contributed by atoms with Gasteiger partial charge < -0.3 is 9.52 Å². The van der Waals surface area contributed by atoms with Crippen molar-refractivity contribution >= 4 is 0 Å². The van der Waals surface area contributed by atoms with Crippen molar-refractivity contribution in [3.05, 3.63) is 11.8 Å². The third-order valence-electron chi connectivity index (χ3n) is 1.11. The molecule has 10 heavy (non-hydrogen) atoms. The molecule has 0 aliphatic heterocycles. The molecule has 4 heteroatoms. The molecular formula is C6H10N2O2. The summed E-state index contributed by atoms with van der Waals surface area (Å²) in [6.45, 7) is 3.73. The molecule has 1 rings (SSSR count). The first-order valence-corrected chi connectivity index (χ1v) is 3.17. The summed E-state index contributed by atoms with van der Waals surface area (Å²) in [4.78, 5) is 0. The Balaban J connectivity index is 2.78. The number of nitrogens with zero attached hydrogens (tertiary/aromatic N) is 2. The number of rotatable bonds is 2. The third-order valence-corrected chi connectivity index (χ3v) is 1.11. The fourth-order valence-corrected chi connectivity index (χ4v) is 0.564. The molecular weight excluding hydrogens is 132 g/mol. The van der Waals surface area contributed by atoms with Gasteiger partial charge >= 0.3 is 0 Å². The highest BCUT2D eigenvalue weighted by Gasteiger charge is 2.07. The van der Waals surface area contributed by atoms with E-state index in [1.54, 1.807) is 0 Å². The van der Waals surface area contributed by atoms with Crippen molar-refractivity contribution in [2.45, 2.75) is 26.4 Å². The van der Waals surface area contributed by atoms with Gasteiger partial charge in [-0.2, -0.15) is 0 Å². The molecule has 0 aliphatic carbocycles. The van der Waals surface area contributed by atoms with Crippen LogP contribution in [0.3, 0.4) is 0 Å². The largest absolute Gasteiger partial charge is 0.422 e. The summed E-state index contributed by atoms with van der Waals surface area (Å²) in [5, 5.41) is 15.8. The van der Waals surface area contributed by atoms with Gasteiger partial charge in [-0.25, -0.2) is 0 Å². The van der Waals surface area contributed by atoms with Crippen LogP contribution in [0.4, 0.5) is 0 Å². The minimum atomic E-state index is -0.181. The lowest BCUT2D eigenvalue weighted by molar-refractivity contribution is 0.235. The van der Waals surface area contributed by atoms with Crippen LogP contribution in [0.25, 0.3) is 0 Å². The molecule has 1 heterocycles. The SMILES string of the molecule is CC(C)c1nnc(CO)o1. The van der Waals surface area contributed by atoms with Gasteiger partial charge in [-0.3, -0.25) is 0 Å². The molecule has 0 aliphatic rings. The standard InChI is InChI=1S/C6H10N2O2/c1-4(2)6-8-7-5(3-9)10-6/h4,9H,3H2,1-2H3. The molecule has 0 saturated carbocycles. The number of aliphatic hydroxyl groups is 1. The van der Waals surface area contributed by atoms with Crippen LogP contribution >= 0.6 is 0 Å². The normalized spacial score (nSPS) is 10.8. The van der Waals surface area contributed by atoms with Crippen molar-refractivity contribution in [3.8, 4) is 0 Å². The predicted octanol–water partition coefficient (Wildman–Crippen LogP) is 0.685. The third kappa shape index (κ3) is 1.33. The molecule has 0 fully saturated rings. The quantitative estimate of drug-likeness (QED) is 0.659. The summed E-state index contributed by atoms with van der Waals surface area (Å²) in [6.07, 6.45) is 0. The second kappa shape index (κ2) is 2.79. The average Bonchev–Trinajstić information content (AvgIpc) is 2.34. The van der Waals surface area contributed by atoms with Crippen molar-refractivity contribution in [2.24, 2.45) is 0 Å². The van der Waals surface area contributed by atoms with Gasteiger partial charge in [-0.15, -0.1) is 10.2 Å². The maximum atomic E-state index is 8.54. The lowest BCUT2D eigenvalue weighted by Gasteiger charge is -1.92. The number of aliphatic hydroxyl groups excluding tert-OH is 1. The Bertz CT molecular complexity index is 207.